The largest absolute Gasteiger partial charge is 0.497 e. The van der Waals surface area contributed by atoms with Crippen molar-refractivity contribution in [3.05, 3.63) is 99.6 Å². The molecule has 3 aromatic rings. The van der Waals surface area contributed by atoms with Crippen LogP contribution >= 0.6 is 0 Å². The van der Waals surface area contributed by atoms with Gasteiger partial charge in [0.25, 0.3) is 15.7 Å². The summed E-state index contributed by atoms with van der Waals surface area (Å²) in [5, 5.41) is 21.9. The van der Waals surface area contributed by atoms with E-state index in [1.807, 2.05) is 6.92 Å². The zero-order valence-electron chi connectivity index (χ0n) is 20.6. The second kappa shape index (κ2) is 10.6. The summed E-state index contributed by atoms with van der Waals surface area (Å²) >= 11 is 0. The molecular formula is C26H25N3O8S. The van der Waals surface area contributed by atoms with Gasteiger partial charge < -0.3 is 14.7 Å². The fraction of sp³-hybridized carbons (Fsp3) is 0.231. The highest BCUT2D eigenvalue weighted by molar-refractivity contribution is 7.89. The first-order valence-corrected chi connectivity index (χ1v) is 13.0. The van der Waals surface area contributed by atoms with Crippen LogP contribution in [0.4, 0.5) is 5.69 Å². The van der Waals surface area contributed by atoms with Crippen LogP contribution in [-0.4, -0.2) is 59.2 Å². The summed E-state index contributed by atoms with van der Waals surface area (Å²) in [5.74, 6) is -1.55. The quantitative estimate of drug-likeness (QED) is 0.339. The number of ether oxygens (including phenoxy) is 1. The highest BCUT2D eigenvalue weighted by Crippen LogP contribution is 2.38. The molecule has 11 nitrogen and oxygen atoms in total. The number of amides is 1. The van der Waals surface area contributed by atoms with Crippen LogP contribution in [0.15, 0.2) is 77.7 Å². The number of rotatable bonds is 8. The lowest BCUT2D eigenvalue weighted by atomic mass is 9.93. The third-order valence-electron chi connectivity index (χ3n) is 6.39. The molecular weight excluding hydrogens is 514 g/mol. The number of methoxy groups -OCH3 is 1. The highest BCUT2D eigenvalue weighted by Gasteiger charge is 2.51. The van der Waals surface area contributed by atoms with Crippen LogP contribution in [0.25, 0.3) is 0 Å². The molecule has 1 saturated heterocycles. The molecule has 0 unspecified atom stereocenters. The number of sulfonamides is 1. The Labute approximate surface area is 219 Å². The summed E-state index contributed by atoms with van der Waals surface area (Å²) in [6.07, 6.45) is 0. The van der Waals surface area contributed by atoms with E-state index in [0.717, 1.165) is 17.7 Å². The normalized spacial score (nSPS) is 18.3. The molecule has 0 aliphatic carbocycles. The fourth-order valence-electron chi connectivity index (χ4n) is 4.49. The Morgan fingerprint density at radius 3 is 2.29 bits per heavy atom. The van der Waals surface area contributed by atoms with Gasteiger partial charge in [0.15, 0.2) is 4.90 Å². The maximum Gasteiger partial charge on any atom is 0.324 e. The first-order chi connectivity index (χ1) is 18.0. The van der Waals surface area contributed by atoms with Crippen molar-refractivity contribution >= 4 is 27.6 Å². The molecule has 4 rings (SSSR count). The molecule has 1 heterocycles. The molecule has 0 saturated carbocycles. The predicted octanol–water partition coefficient (Wildman–Crippen LogP) is 3.14. The first-order valence-electron chi connectivity index (χ1n) is 11.5. The Morgan fingerprint density at radius 1 is 1.08 bits per heavy atom. The van der Waals surface area contributed by atoms with Gasteiger partial charge in [-0.15, -0.1) is 0 Å². The van der Waals surface area contributed by atoms with E-state index in [4.69, 9.17) is 4.74 Å². The maximum atomic E-state index is 13.7. The van der Waals surface area contributed by atoms with Crippen LogP contribution in [0.5, 0.6) is 5.75 Å². The van der Waals surface area contributed by atoms with E-state index in [2.05, 4.69) is 0 Å². The summed E-state index contributed by atoms with van der Waals surface area (Å²) in [4.78, 5) is 37.6. The Kier molecular flexibility index (Phi) is 7.46. The van der Waals surface area contributed by atoms with E-state index in [-0.39, 0.29) is 6.54 Å². The molecule has 0 bridgehead atoms. The average Bonchev–Trinajstić information content (AvgIpc) is 2.90. The molecule has 1 amide bonds. The van der Waals surface area contributed by atoms with Crippen molar-refractivity contribution in [1.82, 2.24) is 9.21 Å². The van der Waals surface area contributed by atoms with Crippen LogP contribution in [-0.2, 0) is 26.2 Å². The van der Waals surface area contributed by atoms with Gasteiger partial charge in [0.1, 0.15) is 11.8 Å². The zero-order valence-corrected chi connectivity index (χ0v) is 21.4. The van der Waals surface area contributed by atoms with Gasteiger partial charge in [-0.1, -0.05) is 54.1 Å². The van der Waals surface area contributed by atoms with Crippen molar-refractivity contribution in [3.63, 3.8) is 0 Å². The van der Waals surface area contributed by atoms with E-state index in [0.29, 0.717) is 21.2 Å². The van der Waals surface area contributed by atoms with Gasteiger partial charge in [0.2, 0.25) is 5.91 Å². The van der Waals surface area contributed by atoms with E-state index < -0.39 is 56.0 Å². The van der Waals surface area contributed by atoms with Crippen molar-refractivity contribution in [2.75, 3.05) is 13.7 Å². The predicted molar refractivity (Wildman–Crippen MR) is 136 cm³/mol. The number of aryl methyl sites for hydroxylation is 1. The number of hydrogen-bond acceptors (Lipinski definition) is 7. The van der Waals surface area contributed by atoms with Crippen LogP contribution in [0.1, 0.15) is 22.7 Å². The van der Waals surface area contributed by atoms with Crippen molar-refractivity contribution in [1.29, 1.82) is 0 Å². The van der Waals surface area contributed by atoms with Gasteiger partial charge in [-0.25, -0.2) is 8.42 Å². The lowest BCUT2D eigenvalue weighted by Crippen LogP contribution is -2.61. The lowest BCUT2D eigenvalue weighted by molar-refractivity contribution is -0.387. The van der Waals surface area contributed by atoms with E-state index in [9.17, 15) is 33.2 Å². The maximum absolute atomic E-state index is 13.7. The number of benzene rings is 3. The minimum Gasteiger partial charge on any atom is -0.497 e. The number of nitrogens with zero attached hydrogens (tertiary/aromatic N) is 3. The molecule has 0 aromatic heterocycles. The second-order valence-corrected chi connectivity index (χ2v) is 10.6. The lowest BCUT2D eigenvalue weighted by Gasteiger charge is -2.44. The van der Waals surface area contributed by atoms with Crippen molar-refractivity contribution in [3.8, 4) is 5.75 Å². The van der Waals surface area contributed by atoms with Crippen molar-refractivity contribution in [2.45, 2.75) is 30.4 Å². The minimum absolute atomic E-state index is 0.00449. The number of nitro benzene ring substituents is 1. The zero-order chi connectivity index (χ0) is 27.6. The number of nitro groups is 1. The van der Waals surface area contributed by atoms with Gasteiger partial charge in [0.05, 0.1) is 24.6 Å². The van der Waals surface area contributed by atoms with Crippen LogP contribution < -0.4 is 4.74 Å². The van der Waals surface area contributed by atoms with Crippen molar-refractivity contribution in [2.24, 2.45) is 0 Å². The molecule has 12 heteroatoms. The smallest absolute Gasteiger partial charge is 0.324 e. The van der Waals surface area contributed by atoms with Gasteiger partial charge in [-0.2, -0.15) is 4.31 Å². The summed E-state index contributed by atoms with van der Waals surface area (Å²) < 4.78 is 33.1. The summed E-state index contributed by atoms with van der Waals surface area (Å²) in [6.45, 7) is 1.04. The number of carbonyl (C=O) groups is 2. The van der Waals surface area contributed by atoms with Crippen LogP contribution in [0, 0.1) is 17.0 Å². The van der Waals surface area contributed by atoms with Gasteiger partial charge in [-0.3, -0.25) is 19.7 Å². The third kappa shape index (κ3) is 5.08. The van der Waals surface area contributed by atoms with Crippen LogP contribution in [0.2, 0.25) is 0 Å². The summed E-state index contributed by atoms with van der Waals surface area (Å²) in [7, 11) is -3.26. The van der Waals surface area contributed by atoms with Crippen LogP contribution in [0.3, 0.4) is 0 Å². The second-order valence-electron chi connectivity index (χ2n) is 8.78. The van der Waals surface area contributed by atoms with Gasteiger partial charge in [-0.05, 0) is 36.2 Å². The molecule has 1 fully saturated rings. The molecule has 198 valence electrons. The third-order valence-corrected chi connectivity index (χ3v) is 8.26. The molecule has 38 heavy (non-hydrogen) atoms. The number of hydrogen-bond donors (Lipinski definition) is 1. The molecule has 1 N–H and O–H groups in total. The van der Waals surface area contributed by atoms with Gasteiger partial charge in [0, 0.05) is 12.6 Å². The standard InChI is InChI=1S/C26H25N3O8S/c1-17-7-11-19(12-8-17)24-25(26(31)32)28(38(35,36)22-6-4-3-5-21(22)29(33)34)16-23(30)27(24)15-18-9-13-20(37-2)14-10-18/h3-14,24-25H,15-16H2,1-2H3,(H,31,32)/t24-,25+/m1/s1. The number of para-hydroxylation sites is 1. The molecule has 2 atom stereocenters. The number of carboxylic acids is 1. The fourth-order valence-corrected chi connectivity index (χ4v) is 6.19. The number of piperazine rings is 1. The Bertz CT molecular complexity index is 1470. The van der Waals surface area contributed by atoms with E-state index >= 15 is 0 Å². The first kappa shape index (κ1) is 26.8. The number of carbonyl (C=O) groups excluding carboxylic acids is 1. The molecule has 1 aliphatic rings. The number of aliphatic carboxylic acids is 1. The van der Waals surface area contributed by atoms with Crippen molar-refractivity contribution < 1.29 is 32.8 Å². The van der Waals surface area contributed by atoms with Gasteiger partial charge >= 0.3 is 5.97 Å². The Morgan fingerprint density at radius 2 is 1.71 bits per heavy atom. The Balaban J connectivity index is 1.85. The molecule has 0 radical (unpaired) electrons. The topological polar surface area (TPSA) is 147 Å². The Hall–Kier alpha value is -4.29. The molecule has 1 aliphatic heterocycles. The van der Waals surface area contributed by atoms with E-state index in [1.165, 1.54) is 24.1 Å². The highest BCUT2D eigenvalue weighted by atomic mass is 32.2. The summed E-state index contributed by atoms with van der Waals surface area (Å²) in [5.41, 5.74) is 1.26. The SMILES string of the molecule is COc1ccc(CN2C(=O)CN(S(=O)(=O)c3ccccc3[N+](=O)[O-])[C@H](C(=O)O)[C@H]2c2ccc(C)cc2)cc1. The summed E-state index contributed by atoms with van der Waals surface area (Å²) in [6, 6.07) is 15.3. The number of carboxylic acid groups (broad SMARTS) is 1. The monoisotopic (exact) mass is 539 g/mol. The average molecular weight is 540 g/mol. The molecule has 3 aromatic carbocycles. The molecule has 0 spiro atoms. The van der Waals surface area contributed by atoms with E-state index in [1.54, 1.807) is 48.5 Å². The minimum atomic E-state index is -4.77.